The normalized spacial score (nSPS) is 15.6. The Balaban J connectivity index is 1.63. The highest BCUT2D eigenvalue weighted by molar-refractivity contribution is 7.92. The lowest BCUT2D eigenvalue weighted by atomic mass is 9.98. The number of carbonyl (C=O) groups is 2. The largest absolute Gasteiger partial charge is 0.453 e. The van der Waals surface area contributed by atoms with Crippen molar-refractivity contribution >= 4 is 44.0 Å². The first-order chi connectivity index (χ1) is 22.0. The van der Waals surface area contributed by atoms with Gasteiger partial charge in [0.15, 0.2) is 15.9 Å². The second kappa shape index (κ2) is 13.4. The summed E-state index contributed by atoms with van der Waals surface area (Å²) in [5.41, 5.74) is 2.10. The molecule has 12 heteroatoms. The number of nitrogens with zero attached hydrogens (tertiary/aromatic N) is 3. The molecule has 1 aromatic heterocycles. The van der Waals surface area contributed by atoms with E-state index in [1.165, 1.54) is 30.3 Å². The Morgan fingerprint density at radius 3 is 2.61 bits per heavy atom. The number of amides is 2. The van der Waals surface area contributed by atoms with Crippen LogP contribution >= 0.6 is 0 Å². The van der Waals surface area contributed by atoms with E-state index in [9.17, 15) is 18.0 Å². The summed E-state index contributed by atoms with van der Waals surface area (Å²) in [6.45, 7) is 5.40. The van der Waals surface area contributed by atoms with Crippen LogP contribution in [0.5, 0.6) is 0 Å². The van der Waals surface area contributed by atoms with Crippen LogP contribution in [0.1, 0.15) is 62.4 Å². The van der Waals surface area contributed by atoms with Crippen molar-refractivity contribution in [3.05, 3.63) is 95.6 Å². The van der Waals surface area contributed by atoms with Crippen LogP contribution in [0.2, 0.25) is 0 Å². The average Bonchev–Trinajstić information content (AvgIpc) is 3.55. The van der Waals surface area contributed by atoms with E-state index in [4.69, 9.17) is 10.6 Å². The van der Waals surface area contributed by atoms with Gasteiger partial charge in [0.05, 0.1) is 29.0 Å². The topological polar surface area (TPSA) is 135 Å². The molecule has 3 N–H and O–H groups in total. The molecular weight excluding hydrogens is 609 g/mol. The molecule has 0 radical (unpaired) electrons. The fraction of sp³-hybridized carbons (Fsp3) is 0.324. The van der Waals surface area contributed by atoms with E-state index >= 15 is 4.39 Å². The van der Waals surface area contributed by atoms with E-state index in [1.54, 1.807) is 55.4 Å². The molecule has 0 unspecified atom stereocenters. The third kappa shape index (κ3) is 6.40. The number of anilines is 2. The Labute approximate surface area is 268 Å². The Morgan fingerprint density at radius 2 is 1.89 bits per heavy atom. The van der Waals surface area contributed by atoms with E-state index in [0.29, 0.717) is 42.7 Å². The number of nitrogens with two attached hydrogens (primary N) is 1. The number of hydrogen-bond acceptors (Lipinski definition) is 8. The summed E-state index contributed by atoms with van der Waals surface area (Å²) in [6, 6.07) is 14.4. The maximum Gasteiger partial charge on any atom is 0.411 e. The van der Waals surface area contributed by atoms with Crippen molar-refractivity contribution in [3.63, 3.8) is 0 Å². The highest BCUT2D eigenvalue weighted by Crippen LogP contribution is 2.41. The summed E-state index contributed by atoms with van der Waals surface area (Å²) in [4.78, 5) is 32.6. The molecule has 1 saturated heterocycles. The number of aromatic nitrogens is 1. The lowest BCUT2D eigenvalue weighted by Crippen LogP contribution is -2.46. The third-order valence-corrected chi connectivity index (χ3v) is 10.7. The van der Waals surface area contributed by atoms with Gasteiger partial charge in [-0.2, -0.15) is 0 Å². The summed E-state index contributed by atoms with van der Waals surface area (Å²) in [5, 5.41) is 4.84. The number of nitrogens with one attached hydrogen (secondary N) is 1. The molecule has 2 heterocycles. The van der Waals surface area contributed by atoms with Crippen LogP contribution in [-0.4, -0.2) is 49.2 Å². The minimum atomic E-state index is -3.80. The van der Waals surface area contributed by atoms with Crippen LogP contribution in [0.4, 0.5) is 20.6 Å². The second-order valence-corrected chi connectivity index (χ2v) is 14.1. The highest BCUT2D eigenvalue weighted by atomic mass is 32.2. The lowest BCUT2D eigenvalue weighted by Gasteiger charge is -2.35. The number of rotatable bonds is 9. The number of hydrazine groups is 1. The smallest absolute Gasteiger partial charge is 0.411 e. The molecule has 1 aliphatic heterocycles. The lowest BCUT2D eigenvalue weighted by molar-refractivity contribution is -0.134. The van der Waals surface area contributed by atoms with E-state index in [-0.39, 0.29) is 10.5 Å². The van der Waals surface area contributed by atoms with E-state index < -0.39 is 45.0 Å². The molecule has 1 aliphatic rings. The summed E-state index contributed by atoms with van der Waals surface area (Å²) in [5.74, 6) is 5.69. The zero-order valence-corrected chi connectivity index (χ0v) is 27.1. The van der Waals surface area contributed by atoms with Gasteiger partial charge in [-0.25, -0.2) is 23.4 Å². The fourth-order valence-corrected chi connectivity index (χ4v) is 7.17. The number of carbonyl (C=O) groups excluding carboxylic acids is 2. The Kier molecular flexibility index (Phi) is 9.59. The summed E-state index contributed by atoms with van der Waals surface area (Å²) in [6.07, 6.45) is 4.29. The number of benzene rings is 3. The molecule has 3 aromatic carbocycles. The predicted octanol–water partition coefficient (Wildman–Crippen LogP) is 6.08. The van der Waals surface area contributed by atoms with Crippen LogP contribution in [-0.2, 0) is 25.8 Å². The monoisotopic (exact) mass is 647 g/mol. The number of halogens is 1. The first kappa shape index (κ1) is 32.8. The molecule has 0 aliphatic carbocycles. The minimum Gasteiger partial charge on any atom is -0.453 e. The third-order valence-electron chi connectivity index (χ3n) is 8.46. The standard InChI is InChI=1S/C34H38FN5O5S/c1-5-22-8-12-29(35)27(17-22)32(40(36)26-11-9-24-20-37-15-14-23(24)18-26)33(41)39-16-6-7-30(39)28-19-25(38-34(42)45-4)10-13-31(28)46(43,44)21(2)3/h8-15,17-21,30,32H,5-7,16,36H2,1-4H3,(H,38,42)/t30-,32+/m1/s1. The van der Waals surface area contributed by atoms with Gasteiger partial charge in [0.25, 0.3) is 5.91 Å². The first-order valence-corrected chi connectivity index (χ1v) is 16.7. The quantitative estimate of drug-likeness (QED) is 0.165. The Hall–Kier alpha value is -4.55. The van der Waals surface area contributed by atoms with Gasteiger partial charge >= 0.3 is 6.09 Å². The number of sulfone groups is 1. The van der Waals surface area contributed by atoms with Crippen molar-refractivity contribution in [1.82, 2.24) is 9.88 Å². The maximum absolute atomic E-state index is 15.7. The van der Waals surface area contributed by atoms with Crippen molar-refractivity contribution in [1.29, 1.82) is 0 Å². The minimum absolute atomic E-state index is 0.0612. The van der Waals surface area contributed by atoms with Crippen LogP contribution in [0.15, 0.2) is 78.0 Å². The zero-order valence-electron chi connectivity index (χ0n) is 26.2. The molecule has 10 nitrogen and oxygen atoms in total. The molecule has 46 heavy (non-hydrogen) atoms. The van der Waals surface area contributed by atoms with E-state index in [2.05, 4.69) is 10.3 Å². The maximum atomic E-state index is 15.7. The summed E-state index contributed by atoms with van der Waals surface area (Å²) >= 11 is 0. The van der Waals surface area contributed by atoms with Gasteiger partial charge < -0.3 is 9.64 Å². The van der Waals surface area contributed by atoms with Crippen molar-refractivity contribution in [2.45, 2.75) is 62.3 Å². The molecule has 4 aromatic rings. The zero-order chi connectivity index (χ0) is 33.2. The highest BCUT2D eigenvalue weighted by Gasteiger charge is 2.40. The van der Waals surface area contributed by atoms with E-state index in [1.807, 2.05) is 25.1 Å². The van der Waals surface area contributed by atoms with Crippen molar-refractivity contribution in [2.75, 3.05) is 24.0 Å². The van der Waals surface area contributed by atoms with Gasteiger partial charge in [-0.3, -0.25) is 20.1 Å². The molecular formula is C34H38FN5O5S. The molecule has 2 atom stereocenters. The molecule has 242 valence electrons. The van der Waals surface area contributed by atoms with Gasteiger partial charge in [-0.15, -0.1) is 0 Å². The predicted molar refractivity (Wildman–Crippen MR) is 175 cm³/mol. The second-order valence-electron chi connectivity index (χ2n) is 11.6. The van der Waals surface area contributed by atoms with Crippen molar-refractivity contribution < 1.29 is 27.1 Å². The number of hydrogen-bond donors (Lipinski definition) is 2. The summed E-state index contributed by atoms with van der Waals surface area (Å²) < 4.78 is 47.5. The van der Waals surface area contributed by atoms with Crippen LogP contribution in [0.3, 0.4) is 0 Å². The fourth-order valence-electron chi connectivity index (χ4n) is 5.88. The Bertz CT molecular complexity index is 1880. The Morgan fingerprint density at radius 1 is 1.11 bits per heavy atom. The van der Waals surface area contributed by atoms with Gasteiger partial charge in [-0.05, 0) is 92.1 Å². The van der Waals surface area contributed by atoms with Crippen molar-refractivity contribution in [2.24, 2.45) is 5.84 Å². The van der Waals surface area contributed by atoms with Gasteiger partial charge in [0.2, 0.25) is 0 Å². The van der Waals surface area contributed by atoms with Gasteiger partial charge in [-0.1, -0.05) is 25.1 Å². The van der Waals surface area contributed by atoms with Gasteiger partial charge in [0, 0.05) is 35.6 Å². The van der Waals surface area contributed by atoms with Crippen molar-refractivity contribution in [3.8, 4) is 0 Å². The molecule has 0 spiro atoms. The van der Waals surface area contributed by atoms with Crippen LogP contribution < -0.4 is 16.2 Å². The molecule has 0 saturated carbocycles. The number of methoxy groups -OCH3 is 1. The number of pyridine rings is 1. The van der Waals surface area contributed by atoms with Crippen LogP contribution in [0, 0.1) is 5.82 Å². The number of fused-ring (bicyclic) bond motifs is 1. The average molecular weight is 648 g/mol. The molecule has 5 rings (SSSR count). The van der Waals surface area contributed by atoms with Crippen LogP contribution in [0.25, 0.3) is 10.8 Å². The molecule has 1 fully saturated rings. The molecule has 2 amide bonds. The SMILES string of the molecule is CCc1ccc(F)c([C@@H](C(=O)N2CCC[C@@H]2c2cc(NC(=O)OC)ccc2S(=O)(=O)C(C)C)N(N)c2ccc3cnccc3c2)c1. The summed E-state index contributed by atoms with van der Waals surface area (Å²) in [7, 11) is -2.57. The first-order valence-electron chi connectivity index (χ1n) is 15.2. The molecule has 0 bridgehead atoms. The van der Waals surface area contributed by atoms with E-state index in [0.717, 1.165) is 16.3 Å². The number of ether oxygens (including phenoxy) is 1. The van der Waals surface area contributed by atoms with Gasteiger partial charge in [0.1, 0.15) is 5.82 Å². The number of likely N-dealkylation sites (tertiary alicyclic amines) is 1. The number of aryl methyl sites for hydroxylation is 1.